The molecule has 0 saturated carbocycles. The molecule has 1 amide bonds. The van der Waals surface area contributed by atoms with Gasteiger partial charge in [-0.15, -0.1) is 0 Å². The molecule has 146 valence electrons. The first kappa shape index (κ1) is 20.5. The number of hydrogen-bond acceptors (Lipinski definition) is 1. The van der Waals surface area contributed by atoms with E-state index in [-0.39, 0.29) is 5.91 Å². The third-order valence-electron chi connectivity index (χ3n) is 4.75. The van der Waals surface area contributed by atoms with Crippen molar-refractivity contribution in [1.82, 2.24) is 9.47 Å². The van der Waals surface area contributed by atoms with Gasteiger partial charge in [0, 0.05) is 30.0 Å². The summed E-state index contributed by atoms with van der Waals surface area (Å²) in [5, 5.41) is 1.23. The SMILES string of the molecule is CCCCN(Cc1cccn1Cc1ccccc1Cl)C(=O)c1ccccc1Cl. The van der Waals surface area contributed by atoms with Crippen LogP contribution in [0.3, 0.4) is 0 Å². The van der Waals surface area contributed by atoms with Gasteiger partial charge in [-0.3, -0.25) is 4.79 Å². The number of nitrogens with zero attached hydrogens (tertiary/aromatic N) is 2. The lowest BCUT2D eigenvalue weighted by molar-refractivity contribution is 0.0737. The average molecular weight is 415 g/mol. The largest absolute Gasteiger partial charge is 0.345 e. The summed E-state index contributed by atoms with van der Waals surface area (Å²) in [6.45, 7) is 4.02. The van der Waals surface area contributed by atoms with Crippen LogP contribution in [0.2, 0.25) is 10.0 Å². The first-order valence-electron chi connectivity index (χ1n) is 9.51. The van der Waals surface area contributed by atoms with Gasteiger partial charge in [-0.25, -0.2) is 0 Å². The Morgan fingerprint density at radius 3 is 2.39 bits per heavy atom. The first-order chi connectivity index (χ1) is 13.6. The monoisotopic (exact) mass is 414 g/mol. The van der Waals surface area contributed by atoms with Crippen LogP contribution in [-0.2, 0) is 13.1 Å². The predicted molar refractivity (Wildman–Crippen MR) is 116 cm³/mol. The topological polar surface area (TPSA) is 25.2 Å². The Balaban J connectivity index is 1.82. The normalized spacial score (nSPS) is 10.8. The van der Waals surface area contributed by atoms with Crippen molar-refractivity contribution in [3.8, 4) is 0 Å². The molecule has 0 atom stereocenters. The maximum Gasteiger partial charge on any atom is 0.255 e. The van der Waals surface area contributed by atoms with Crippen LogP contribution in [0, 0.1) is 0 Å². The fourth-order valence-electron chi connectivity index (χ4n) is 3.16. The van der Waals surface area contributed by atoms with E-state index in [4.69, 9.17) is 23.2 Å². The molecule has 1 aromatic heterocycles. The first-order valence-corrected chi connectivity index (χ1v) is 10.3. The van der Waals surface area contributed by atoms with Gasteiger partial charge in [0.25, 0.3) is 5.91 Å². The Morgan fingerprint density at radius 2 is 1.68 bits per heavy atom. The smallest absolute Gasteiger partial charge is 0.255 e. The van der Waals surface area contributed by atoms with Crippen LogP contribution in [0.25, 0.3) is 0 Å². The molecule has 0 unspecified atom stereocenters. The molecule has 3 aromatic rings. The number of hydrogen-bond donors (Lipinski definition) is 0. The molecule has 0 radical (unpaired) electrons. The molecule has 0 aliphatic rings. The molecule has 5 heteroatoms. The van der Waals surface area contributed by atoms with Gasteiger partial charge in [0.05, 0.1) is 17.1 Å². The molecule has 0 bridgehead atoms. The molecule has 0 N–H and O–H groups in total. The quantitative estimate of drug-likeness (QED) is 0.425. The van der Waals surface area contributed by atoms with Crippen molar-refractivity contribution in [2.24, 2.45) is 0 Å². The fourth-order valence-corrected chi connectivity index (χ4v) is 3.57. The molecule has 0 aliphatic heterocycles. The second-order valence-electron chi connectivity index (χ2n) is 6.78. The Labute approximate surface area is 176 Å². The fraction of sp³-hybridized carbons (Fsp3) is 0.261. The lowest BCUT2D eigenvalue weighted by Gasteiger charge is -2.24. The molecule has 2 aromatic carbocycles. The Morgan fingerprint density at radius 1 is 0.964 bits per heavy atom. The maximum atomic E-state index is 13.1. The van der Waals surface area contributed by atoms with Gasteiger partial charge in [-0.05, 0) is 42.3 Å². The zero-order valence-corrected chi connectivity index (χ0v) is 17.5. The van der Waals surface area contributed by atoms with Crippen LogP contribution >= 0.6 is 23.2 Å². The van der Waals surface area contributed by atoms with Crippen molar-refractivity contribution in [3.05, 3.63) is 93.7 Å². The highest BCUT2D eigenvalue weighted by Gasteiger charge is 2.19. The van der Waals surface area contributed by atoms with Crippen molar-refractivity contribution in [2.75, 3.05) is 6.54 Å². The minimum absolute atomic E-state index is 0.0375. The highest BCUT2D eigenvalue weighted by molar-refractivity contribution is 6.33. The van der Waals surface area contributed by atoms with E-state index in [2.05, 4.69) is 17.6 Å². The van der Waals surface area contributed by atoms with E-state index in [0.29, 0.717) is 30.2 Å². The van der Waals surface area contributed by atoms with E-state index in [0.717, 1.165) is 29.1 Å². The summed E-state index contributed by atoms with van der Waals surface area (Å²) >= 11 is 12.6. The lowest BCUT2D eigenvalue weighted by atomic mass is 10.1. The summed E-state index contributed by atoms with van der Waals surface area (Å²) in [5.41, 5.74) is 2.67. The van der Waals surface area contributed by atoms with E-state index in [9.17, 15) is 4.79 Å². The number of unbranched alkanes of at least 4 members (excludes halogenated alkanes) is 1. The Bertz CT molecular complexity index is 936. The number of halogens is 2. The molecule has 0 spiro atoms. The zero-order chi connectivity index (χ0) is 19.9. The minimum atomic E-state index is -0.0375. The highest BCUT2D eigenvalue weighted by atomic mass is 35.5. The second-order valence-corrected chi connectivity index (χ2v) is 7.59. The van der Waals surface area contributed by atoms with Crippen LogP contribution < -0.4 is 0 Å². The molecule has 0 fully saturated rings. The van der Waals surface area contributed by atoms with Crippen molar-refractivity contribution in [1.29, 1.82) is 0 Å². The summed E-state index contributed by atoms with van der Waals surface area (Å²) in [6.07, 6.45) is 3.99. The lowest BCUT2D eigenvalue weighted by Crippen LogP contribution is -2.32. The van der Waals surface area contributed by atoms with E-state index < -0.39 is 0 Å². The second kappa shape index (κ2) is 9.81. The van der Waals surface area contributed by atoms with Crippen LogP contribution in [0.4, 0.5) is 0 Å². The van der Waals surface area contributed by atoms with Gasteiger partial charge in [0.2, 0.25) is 0 Å². The van der Waals surface area contributed by atoms with Crippen LogP contribution in [0.5, 0.6) is 0 Å². The van der Waals surface area contributed by atoms with Crippen molar-refractivity contribution >= 4 is 29.1 Å². The number of carbonyl (C=O) groups is 1. The third-order valence-corrected chi connectivity index (χ3v) is 5.45. The van der Waals surface area contributed by atoms with Crippen LogP contribution in [-0.4, -0.2) is 21.9 Å². The molecule has 3 rings (SSSR count). The number of rotatable bonds is 8. The van der Waals surface area contributed by atoms with E-state index in [1.807, 2.05) is 53.6 Å². The van der Waals surface area contributed by atoms with Gasteiger partial charge in [-0.2, -0.15) is 0 Å². The molecule has 3 nitrogen and oxygen atoms in total. The number of benzene rings is 2. The summed E-state index contributed by atoms with van der Waals surface area (Å²) in [4.78, 5) is 15.0. The maximum absolute atomic E-state index is 13.1. The van der Waals surface area contributed by atoms with E-state index in [1.54, 1.807) is 12.1 Å². The van der Waals surface area contributed by atoms with Gasteiger partial charge in [-0.1, -0.05) is 66.9 Å². The number of carbonyl (C=O) groups excluding carboxylic acids is 1. The summed E-state index contributed by atoms with van der Waals surface area (Å²) in [6, 6.07) is 19.1. The predicted octanol–water partition coefficient (Wildman–Crippen LogP) is 6.29. The molecular weight excluding hydrogens is 391 g/mol. The molecule has 0 saturated heterocycles. The highest BCUT2D eigenvalue weighted by Crippen LogP contribution is 2.21. The summed E-state index contributed by atoms with van der Waals surface area (Å²) in [5.74, 6) is -0.0375. The molecule has 28 heavy (non-hydrogen) atoms. The van der Waals surface area contributed by atoms with Crippen molar-refractivity contribution in [3.63, 3.8) is 0 Å². The van der Waals surface area contributed by atoms with Crippen LogP contribution in [0.1, 0.15) is 41.4 Å². The summed E-state index contributed by atoms with van der Waals surface area (Å²) in [7, 11) is 0. The van der Waals surface area contributed by atoms with E-state index in [1.165, 1.54) is 0 Å². The minimum Gasteiger partial charge on any atom is -0.345 e. The average Bonchev–Trinajstić information content (AvgIpc) is 3.13. The van der Waals surface area contributed by atoms with Crippen LogP contribution in [0.15, 0.2) is 66.9 Å². The number of aromatic nitrogens is 1. The Kier molecular flexibility index (Phi) is 7.18. The van der Waals surface area contributed by atoms with Crippen molar-refractivity contribution in [2.45, 2.75) is 32.9 Å². The molecule has 0 aliphatic carbocycles. The van der Waals surface area contributed by atoms with Gasteiger partial charge in [0.1, 0.15) is 0 Å². The standard InChI is InChI=1S/C23H24Cl2N2O/c1-2-3-14-27(23(28)20-11-5-7-13-22(20)25)17-19-10-8-15-26(19)16-18-9-4-6-12-21(18)24/h4-13,15H,2-3,14,16-17H2,1H3. The summed E-state index contributed by atoms with van der Waals surface area (Å²) < 4.78 is 2.14. The number of amides is 1. The van der Waals surface area contributed by atoms with Gasteiger partial charge >= 0.3 is 0 Å². The molecular formula is C23H24Cl2N2O. The third kappa shape index (κ3) is 4.98. The molecule has 1 heterocycles. The zero-order valence-electron chi connectivity index (χ0n) is 15.9. The van der Waals surface area contributed by atoms with E-state index >= 15 is 0 Å². The Hall–Kier alpha value is -2.23. The van der Waals surface area contributed by atoms with Gasteiger partial charge in [0.15, 0.2) is 0 Å². The van der Waals surface area contributed by atoms with Crippen molar-refractivity contribution < 1.29 is 4.79 Å². The van der Waals surface area contributed by atoms with Gasteiger partial charge < -0.3 is 9.47 Å².